The average molecular weight is 202 g/mol. The van der Waals surface area contributed by atoms with E-state index in [4.69, 9.17) is 0 Å². The van der Waals surface area contributed by atoms with Crippen LogP contribution in [0.2, 0.25) is 0 Å². The minimum absolute atomic E-state index is 0.0922. The second-order valence-corrected chi connectivity index (χ2v) is 3.96. The fraction of sp³-hybridized carbons (Fsp3) is 0.250. The third-order valence-electron chi connectivity index (χ3n) is 2.66. The van der Waals surface area contributed by atoms with E-state index in [1.807, 2.05) is 18.2 Å². The number of rotatable bonds is 3. The van der Waals surface area contributed by atoms with Gasteiger partial charge in [-0.3, -0.25) is 4.79 Å². The van der Waals surface area contributed by atoms with E-state index in [9.17, 15) is 4.79 Å². The summed E-state index contributed by atoms with van der Waals surface area (Å²) in [4.78, 5) is 11.1. The number of carbonyl (C=O) groups is 1. The third kappa shape index (κ3) is 2.07. The fourth-order valence-corrected chi connectivity index (χ4v) is 1.47. The van der Waals surface area contributed by atoms with E-state index in [2.05, 4.69) is 30.2 Å². The van der Waals surface area contributed by atoms with Crippen LogP contribution in [0, 0.1) is 0 Å². The number of amides is 1. The van der Waals surface area contributed by atoms with Crippen molar-refractivity contribution >= 4 is 11.6 Å². The fourth-order valence-electron chi connectivity index (χ4n) is 1.47. The zero-order valence-electron chi connectivity index (χ0n) is 8.71. The van der Waals surface area contributed by atoms with E-state index < -0.39 is 0 Å². The molecule has 3 nitrogen and oxygen atoms in total. The molecule has 1 aliphatic rings. The van der Waals surface area contributed by atoms with Gasteiger partial charge in [0.2, 0.25) is 5.91 Å². The topological polar surface area (TPSA) is 51.0 Å². The summed E-state index contributed by atoms with van der Waals surface area (Å²) in [5.74, 6) is -0.180. The van der Waals surface area contributed by atoms with Crippen LogP contribution in [-0.2, 0) is 10.3 Å². The molecule has 15 heavy (non-hydrogen) atoms. The van der Waals surface area contributed by atoms with Gasteiger partial charge < -0.3 is 10.6 Å². The van der Waals surface area contributed by atoms with E-state index in [1.165, 1.54) is 11.6 Å². The van der Waals surface area contributed by atoms with Crippen LogP contribution < -0.4 is 10.6 Å². The van der Waals surface area contributed by atoms with E-state index in [1.54, 1.807) is 0 Å². The van der Waals surface area contributed by atoms with Crippen LogP contribution >= 0.6 is 0 Å². The first-order valence-electron chi connectivity index (χ1n) is 4.93. The lowest BCUT2D eigenvalue weighted by Crippen LogP contribution is -2.10. The molecule has 1 aromatic rings. The Kier molecular flexibility index (Phi) is 2.32. The molecule has 2 N–H and O–H groups in total. The van der Waals surface area contributed by atoms with Crippen LogP contribution in [0.15, 0.2) is 36.9 Å². The van der Waals surface area contributed by atoms with Crippen LogP contribution in [0.3, 0.4) is 0 Å². The van der Waals surface area contributed by atoms with Crippen LogP contribution in [0.25, 0.3) is 0 Å². The van der Waals surface area contributed by atoms with Crippen molar-refractivity contribution in [3.05, 3.63) is 42.5 Å². The van der Waals surface area contributed by atoms with E-state index in [-0.39, 0.29) is 11.4 Å². The van der Waals surface area contributed by atoms with Gasteiger partial charge in [-0.2, -0.15) is 0 Å². The van der Waals surface area contributed by atoms with Crippen LogP contribution in [0.4, 0.5) is 5.69 Å². The number of benzene rings is 1. The van der Waals surface area contributed by atoms with Gasteiger partial charge in [0.1, 0.15) is 0 Å². The molecule has 0 radical (unpaired) electrons. The summed E-state index contributed by atoms with van der Waals surface area (Å²) in [7, 11) is 0. The summed E-state index contributed by atoms with van der Waals surface area (Å²) in [5, 5.41) is 6.04. The van der Waals surface area contributed by atoms with E-state index in [0.717, 1.165) is 12.2 Å². The van der Waals surface area contributed by atoms with Crippen molar-refractivity contribution in [3.63, 3.8) is 0 Å². The maximum absolute atomic E-state index is 11.1. The molecule has 1 saturated heterocycles. The van der Waals surface area contributed by atoms with Crippen molar-refractivity contribution in [2.75, 3.05) is 11.9 Å². The smallest absolute Gasteiger partial charge is 0.247 e. The molecule has 1 aromatic carbocycles. The summed E-state index contributed by atoms with van der Waals surface area (Å²) in [6.07, 6.45) is 1.27. The second kappa shape index (κ2) is 3.51. The number of anilines is 1. The Morgan fingerprint density at radius 2 is 2.40 bits per heavy atom. The molecular formula is C12H14N2O. The Balaban J connectivity index is 2.19. The second-order valence-electron chi connectivity index (χ2n) is 3.96. The van der Waals surface area contributed by atoms with Gasteiger partial charge in [0, 0.05) is 12.2 Å². The Labute approximate surface area is 89.2 Å². The molecule has 0 aromatic heterocycles. The highest BCUT2D eigenvalue weighted by Crippen LogP contribution is 2.31. The van der Waals surface area contributed by atoms with E-state index in [0.29, 0.717) is 0 Å². The van der Waals surface area contributed by atoms with Crippen molar-refractivity contribution in [3.8, 4) is 0 Å². The first-order valence-corrected chi connectivity index (χ1v) is 4.93. The molecule has 1 fully saturated rings. The molecule has 1 unspecified atom stereocenters. The SMILES string of the molecule is C=CC(=O)Nc1cccc(C2(C)CN2)c1. The molecule has 1 heterocycles. The monoisotopic (exact) mass is 202 g/mol. The van der Waals surface area contributed by atoms with Gasteiger partial charge in [-0.1, -0.05) is 18.7 Å². The maximum Gasteiger partial charge on any atom is 0.247 e. The lowest BCUT2D eigenvalue weighted by atomic mass is 10.0. The van der Waals surface area contributed by atoms with Crippen LogP contribution in [0.1, 0.15) is 12.5 Å². The van der Waals surface area contributed by atoms with Crippen molar-refractivity contribution in [1.29, 1.82) is 0 Å². The molecule has 1 atom stereocenters. The van der Waals surface area contributed by atoms with Crippen molar-refractivity contribution in [1.82, 2.24) is 5.32 Å². The number of hydrogen-bond acceptors (Lipinski definition) is 2. The molecule has 2 rings (SSSR count). The Morgan fingerprint density at radius 1 is 1.67 bits per heavy atom. The minimum atomic E-state index is -0.180. The first-order chi connectivity index (χ1) is 7.14. The summed E-state index contributed by atoms with van der Waals surface area (Å²) in [5.41, 5.74) is 2.10. The highest BCUT2D eigenvalue weighted by Gasteiger charge is 2.38. The maximum atomic E-state index is 11.1. The molecule has 1 aliphatic heterocycles. The quantitative estimate of drug-likeness (QED) is 0.578. The minimum Gasteiger partial charge on any atom is -0.323 e. The Hall–Kier alpha value is -1.61. The van der Waals surface area contributed by atoms with Crippen LogP contribution in [0.5, 0.6) is 0 Å². The van der Waals surface area contributed by atoms with Crippen molar-refractivity contribution in [2.45, 2.75) is 12.5 Å². The third-order valence-corrected chi connectivity index (χ3v) is 2.66. The number of nitrogens with one attached hydrogen (secondary N) is 2. The largest absolute Gasteiger partial charge is 0.323 e. The Bertz CT molecular complexity index is 408. The molecule has 3 heteroatoms. The van der Waals surface area contributed by atoms with Gasteiger partial charge in [-0.05, 0) is 30.7 Å². The lowest BCUT2D eigenvalue weighted by molar-refractivity contribution is -0.111. The van der Waals surface area contributed by atoms with Gasteiger partial charge >= 0.3 is 0 Å². The predicted molar refractivity (Wildman–Crippen MR) is 60.6 cm³/mol. The van der Waals surface area contributed by atoms with Gasteiger partial charge in [0.25, 0.3) is 0 Å². The molecule has 0 aliphatic carbocycles. The molecule has 78 valence electrons. The first kappa shape index (κ1) is 9.93. The van der Waals surface area contributed by atoms with Gasteiger partial charge in [0.05, 0.1) is 5.54 Å². The van der Waals surface area contributed by atoms with Gasteiger partial charge in [0.15, 0.2) is 0 Å². The molecule has 1 amide bonds. The standard InChI is InChI=1S/C12H14N2O/c1-3-11(15)14-10-6-4-5-9(7-10)12(2)8-13-12/h3-7,13H,1,8H2,2H3,(H,14,15). The summed E-state index contributed by atoms with van der Waals surface area (Å²) in [6, 6.07) is 7.86. The normalized spacial score (nSPS) is 23.3. The Morgan fingerprint density at radius 3 is 3.00 bits per heavy atom. The molecule has 0 spiro atoms. The molecular weight excluding hydrogens is 188 g/mol. The summed E-state index contributed by atoms with van der Waals surface area (Å²) < 4.78 is 0. The molecule has 0 bridgehead atoms. The van der Waals surface area contributed by atoms with Gasteiger partial charge in [-0.25, -0.2) is 0 Å². The van der Waals surface area contributed by atoms with Crippen LogP contribution in [-0.4, -0.2) is 12.5 Å². The van der Waals surface area contributed by atoms with Gasteiger partial charge in [-0.15, -0.1) is 0 Å². The number of hydrogen-bond donors (Lipinski definition) is 2. The zero-order valence-corrected chi connectivity index (χ0v) is 8.71. The zero-order chi connectivity index (χ0) is 10.9. The lowest BCUT2D eigenvalue weighted by Gasteiger charge is -2.09. The summed E-state index contributed by atoms with van der Waals surface area (Å²) >= 11 is 0. The van der Waals surface area contributed by atoms with Crippen molar-refractivity contribution in [2.24, 2.45) is 0 Å². The van der Waals surface area contributed by atoms with E-state index >= 15 is 0 Å². The average Bonchev–Trinajstić information content (AvgIpc) is 2.98. The predicted octanol–water partition coefficient (Wildman–Crippen LogP) is 1.63. The van der Waals surface area contributed by atoms with Crippen molar-refractivity contribution < 1.29 is 4.79 Å². The molecule has 0 saturated carbocycles. The summed E-state index contributed by atoms with van der Waals surface area (Å²) in [6.45, 7) is 6.55. The highest BCUT2D eigenvalue weighted by atomic mass is 16.1. The number of carbonyl (C=O) groups excluding carboxylic acids is 1. The highest BCUT2D eigenvalue weighted by molar-refractivity contribution is 5.98.